The maximum atomic E-state index is 13.1. The average Bonchev–Trinajstić information content (AvgIpc) is 3.14. The smallest absolute Gasteiger partial charge is 0.302 e. The van der Waals surface area contributed by atoms with Crippen molar-refractivity contribution in [3.63, 3.8) is 0 Å². The molecule has 2 heterocycles. The van der Waals surface area contributed by atoms with E-state index in [1.54, 1.807) is 0 Å². The van der Waals surface area contributed by atoms with E-state index >= 15 is 0 Å². The third kappa shape index (κ3) is 5.77. The van der Waals surface area contributed by atoms with Crippen LogP contribution in [-0.2, 0) is 19.4 Å². The summed E-state index contributed by atoms with van der Waals surface area (Å²) in [5, 5.41) is 3.19. The van der Waals surface area contributed by atoms with E-state index < -0.39 is 9.84 Å². The van der Waals surface area contributed by atoms with Crippen LogP contribution in [-0.4, -0.2) is 31.7 Å². The van der Waals surface area contributed by atoms with E-state index in [9.17, 15) is 13.2 Å². The number of allylic oxidation sites excluding steroid dienone is 1. The minimum Gasteiger partial charge on any atom is -0.466 e. The number of unbranched alkanes of at least 4 members (excludes halogenated alkanes) is 1. The number of rotatable bonds is 9. The second-order valence-electron chi connectivity index (χ2n) is 7.14. The first-order valence-corrected chi connectivity index (χ1v) is 13.5. The van der Waals surface area contributed by atoms with Crippen molar-refractivity contribution >= 4 is 59.7 Å². The number of benzene rings is 1. The quantitative estimate of drug-likeness (QED) is 0.240. The first-order chi connectivity index (χ1) is 15.8. The number of anilines is 1. The molecule has 0 radical (unpaired) electrons. The molecule has 0 saturated carbocycles. The number of nitrogens with zero attached hydrogens (tertiary/aromatic N) is 1. The molecule has 0 aliphatic carbocycles. The van der Waals surface area contributed by atoms with Gasteiger partial charge in [0.15, 0.2) is 9.84 Å². The lowest BCUT2D eigenvalue weighted by molar-refractivity contribution is -0.141. The normalized spacial score (nSPS) is 12.0. The Morgan fingerprint density at radius 3 is 2.67 bits per heavy atom. The summed E-state index contributed by atoms with van der Waals surface area (Å²) in [7, 11) is -3.64. The van der Waals surface area contributed by atoms with Crippen molar-refractivity contribution in [2.45, 2.75) is 30.9 Å². The summed E-state index contributed by atoms with van der Waals surface area (Å²) in [6.45, 7) is 3.39. The first-order valence-electron chi connectivity index (χ1n) is 10.2. The number of thioether (sulfide) groups is 1. The van der Waals surface area contributed by atoms with Crippen LogP contribution in [0.2, 0.25) is 0 Å². The predicted molar refractivity (Wildman–Crippen MR) is 137 cm³/mol. The Bertz CT molecular complexity index is 1340. The van der Waals surface area contributed by atoms with E-state index in [1.807, 2.05) is 49.4 Å². The lowest BCUT2D eigenvalue weighted by Gasteiger charge is -2.09. The molecule has 6 nitrogen and oxygen atoms in total. The van der Waals surface area contributed by atoms with Gasteiger partial charge in [-0.3, -0.25) is 4.79 Å². The van der Waals surface area contributed by atoms with E-state index in [0.29, 0.717) is 28.8 Å². The van der Waals surface area contributed by atoms with E-state index in [-0.39, 0.29) is 28.2 Å². The fourth-order valence-corrected chi connectivity index (χ4v) is 6.84. The Morgan fingerprint density at radius 1 is 1.30 bits per heavy atom. The molecule has 1 aromatic carbocycles. The van der Waals surface area contributed by atoms with E-state index in [1.165, 1.54) is 18.7 Å². The molecule has 9 heteroatoms. The summed E-state index contributed by atoms with van der Waals surface area (Å²) in [5.41, 5.74) is 9.00. The maximum absolute atomic E-state index is 13.1. The van der Waals surface area contributed by atoms with E-state index in [0.717, 1.165) is 27.4 Å². The summed E-state index contributed by atoms with van der Waals surface area (Å²) in [5.74, 6) is -0.475. The number of hydrogen-bond donors (Lipinski definition) is 1. The lowest BCUT2D eigenvalue weighted by Crippen LogP contribution is -2.09. The lowest BCUT2D eigenvalue weighted by atomic mass is 10.0. The number of carbonyl (C=O) groups is 1. The van der Waals surface area contributed by atoms with Crippen LogP contribution in [0.15, 0.2) is 46.7 Å². The molecule has 0 aliphatic heterocycles. The average molecular weight is 501 g/mol. The molecule has 0 aliphatic rings. The second kappa shape index (κ2) is 10.9. The number of carbonyl (C=O) groups excluding carboxylic acids is 1. The van der Waals surface area contributed by atoms with Crippen LogP contribution in [0.5, 0.6) is 0 Å². The molecule has 0 amide bonds. The van der Waals surface area contributed by atoms with Crippen molar-refractivity contribution in [3.8, 4) is 22.8 Å². The third-order valence-electron chi connectivity index (χ3n) is 4.83. The second-order valence-corrected chi connectivity index (χ2v) is 11.3. The third-order valence-corrected chi connectivity index (χ3v) is 9.13. The van der Waals surface area contributed by atoms with Gasteiger partial charge in [0, 0.05) is 17.2 Å². The standard InChI is InChI=1S/C24H24N2O4S3/c1-4-20(31-5-2)19-15-18(17-11-7-6-8-12-17)21-22(25)24(32-23(21)26-19)33(28,29)14-10-9-13-30-16(3)27/h2,4,6-8,11-12,15H,9-10,13-14,25H2,1,3H3/b20-4-. The van der Waals surface area contributed by atoms with Gasteiger partial charge in [-0.2, -0.15) is 0 Å². The number of sulfone groups is 1. The van der Waals surface area contributed by atoms with Crippen molar-refractivity contribution in [1.29, 1.82) is 0 Å². The van der Waals surface area contributed by atoms with Crippen LogP contribution < -0.4 is 5.73 Å². The van der Waals surface area contributed by atoms with Gasteiger partial charge in [0.05, 0.1) is 23.7 Å². The largest absolute Gasteiger partial charge is 0.466 e. The highest BCUT2D eigenvalue weighted by Gasteiger charge is 2.26. The number of ether oxygens (including phenoxy) is 1. The molecular weight excluding hydrogens is 476 g/mol. The molecule has 3 aromatic rings. The van der Waals surface area contributed by atoms with Crippen LogP contribution >= 0.6 is 23.1 Å². The SMILES string of the molecule is C#CS/C(=C\C)c1cc(-c2ccccc2)c2c(N)c(S(=O)(=O)CCCCOC(C)=O)sc2n1. The van der Waals surface area contributed by atoms with Gasteiger partial charge in [0.2, 0.25) is 0 Å². The number of terminal acetylenes is 1. The minimum absolute atomic E-state index is 0.0914. The van der Waals surface area contributed by atoms with Crippen molar-refractivity contribution in [2.24, 2.45) is 0 Å². The molecule has 2 N–H and O–H groups in total. The highest BCUT2D eigenvalue weighted by molar-refractivity contribution is 8.12. The Morgan fingerprint density at radius 2 is 2.03 bits per heavy atom. The zero-order valence-electron chi connectivity index (χ0n) is 18.3. The van der Waals surface area contributed by atoms with Crippen LogP contribution in [0.25, 0.3) is 26.2 Å². The fraction of sp³-hybridized carbons (Fsp3) is 0.250. The number of hydrogen-bond acceptors (Lipinski definition) is 8. The monoisotopic (exact) mass is 500 g/mol. The summed E-state index contributed by atoms with van der Waals surface area (Å²) >= 11 is 2.29. The van der Waals surface area contributed by atoms with Crippen molar-refractivity contribution in [1.82, 2.24) is 4.98 Å². The number of nitrogens with two attached hydrogens (primary N) is 1. The summed E-state index contributed by atoms with van der Waals surface area (Å²) in [6, 6.07) is 11.5. The molecule has 0 saturated heterocycles. The van der Waals surface area contributed by atoms with Crippen LogP contribution in [0.3, 0.4) is 0 Å². The molecule has 0 atom stereocenters. The first kappa shape index (κ1) is 24.8. The maximum Gasteiger partial charge on any atom is 0.302 e. The van der Waals surface area contributed by atoms with Gasteiger partial charge in [-0.05, 0) is 54.0 Å². The Hall–Kier alpha value is -2.80. The molecule has 2 aromatic heterocycles. The molecule has 0 spiro atoms. The Balaban J connectivity index is 2.08. The Kier molecular flexibility index (Phi) is 8.19. The number of fused-ring (bicyclic) bond motifs is 1. The van der Waals surface area contributed by atoms with E-state index in [2.05, 4.69) is 5.25 Å². The zero-order chi connectivity index (χ0) is 24.0. The van der Waals surface area contributed by atoms with Crippen molar-refractivity contribution in [2.75, 3.05) is 18.1 Å². The van der Waals surface area contributed by atoms with Gasteiger partial charge in [0.1, 0.15) is 9.04 Å². The molecule has 0 unspecified atom stereocenters. The van der Waals surface area contributed by atoms with Crippen molar-refractivity contribution < 1.29 is 17.9 Å². The number of aromatic nitrogens is 1. The van der Waals surface area contributed by atoms with Crippen LogP contribution in [0, 0.1) is 11.7 Å². The van der Waals surface area contributed by atoms with Crippen LogP contribution in [0.4, 0.5) is 5.69 Å². The highest BCUT2D eigenvalue weighted by atomic mass is 32.2. The number of pyridine rings is 1. The summed E-state index contributed by atoms with van der Waals surface area (Å²) < 4.78 is 31.2. The summed E-state index contributed by atoms with van der Waals surface area (Å²) in [6.07, 6.45) is 8.18. The van der Waals surface area contributed by atoms with Crippen LogP contribution in [0.1, 0.15) is 32.4 Å². The summed E-state index contributed by atoms with van der Waals surface area (Å²) in [4.78, 5) is 16.9. The number of esters is 1. The van der Waals surface area contributed by atoms with Gasteiger partial charge in [0.25, 0.3) is 0 Å². The number of thiophene rings is 1. The van der Waals surface area contributed by atoms with Gasteiger partial charge in [-0.25, -0.2) is 13.4 Å². The molecular formula is C24H24N2O4S3. The molecule has 33 heavy (non-hydrogen) atoms. The van der Waals surface area contributed by atoms with Crippen molar-refractivity contribution in [3.05, 3.63) is 48.2 Å². The zero-order valence-corrected chi connectivity index (χ0v) is 20.8. The molecule has 172 valence electrons. The molecule has 3 rings (SSSR count). The van der Waals surface area contributed by atoms with Gasteiger partial charge < -0.3 is 10.5 Å². The predicted octanol–water partition coefficient (Wildman–Crippen LogP) is 5.35. The van der Waals surface area contributed by atoms with E-state index in [4.69, 9.17) is 21.9 Å². The topological polar surface area (TPSA) is 99.4 Å². The number of nitrogen functional groups attached to an aromatic ring is 1. The highest BCUT2D eigenvalue weighted by Crippen LogP contribution is 2.43. The van der Waals surface area contributed by atoms with Gasteiger partial charge >= 0.3 is 5.97 Å². The van der Waals surface area contributed by atoms with Gasteiger partial charge in [-0.15, -0.1) is 17.8 Å². The molecule has 0 bridgehead atoms. The fourth-order valence-electron chi connectivity index (χ4n) is 3.33. The molecule has 0 fully saturated rings. The minimum atomic E-state index is -3.64. The van der Waals surface area contributed by atoms with Gasteiger partial charge in [-0.1, -0.05) is 36.4 Å². The Labute approximate surface area is 202 Å².